The van der Waals surface area contributed by atoms with Crippen molar-refractivity contribution >= 4 is 43.6 Å². The first kappa shape index (κ1) is 23.3. The summed E-state index contributed by atoms with van der Waals surface area (Å²) in [6.07, 6.45) is 3.95. The summed E-state index contributed by atoms with van der Waals surface area (Å²) < 4.78 is 3.33. The second-order valence-corrected chi connectivity index (χ2v) is 9.77. The predicted molar refractivity (Wildman–Crippen MR) is 147 cm³/mol. The van der Waals surface area contributed by atoms with Crippen molar-refractivity contribution in [2.24, 2.45) is 0 Å². The molecule has 0 unspecified atom stereocenters. The van der Waals surface area contributed by atoms with E-state index in [1.54, 1.807) is 0 Å². The minimum absolute atomic E-state index is 0.0188. The van der Waals surface area contributed by atoms with Crippen molar-refractivity contribution in [2.75, 3.05) is 6.54 Å². The van der Waals surface area contributed by atoms with Gasteiger partial charge in [0.1, 0.15) is 5.82 Å². The Morgan fingerprint density at radius 2 is 1.60 bits per heavy atom. The maximum absolute atomic E-state index is 12.3. The quantitative estimate of drug-likeness (QED) is 0.208. The topological polar surface area (TPSA) is 46.9 Å². The van der Waals surface area contributed by atoms with Crippen molar-refractivity contribution in [3.8, 4) is 0 Å². The third-order valence-electron chi connectivity index (χ3n) is 6.36. The smallest absolute Gasteiger partial charge is 0.251 e. The van der Waals surface area contributed by atoms with Crippen LogP contribution < -0.4 is 5.32 Å². The van der Waals surface area contributed by atoms with Crippen molar-refractivity contribution in [2.45, 2.75) is 32.2 Å². The first-order valence-corrected chi connectivity index (χ1v) is 12.9. The summed E-state index contributed by atoms with van der Waals surface area (Å²) in [4.78, 5) is 17.2. The lowest BCUT2D eigenvalue weighted by Crippen LogP contribution is -2.24. The van der Waals surface area contributed by atoms with E-state index in [2.05, 4.69) is 86.5 Å². The van der Waals surface area contributed by atoms with Gasteiger partial charge in [-0.15, -0.1) is 0 Å². The van der Waals surface area contributed by atoms with E-state index >= 15 is 0 Å². The van der Waals surface area contributed by atoms with Crippen LogP contribution in [-0.2, 0) is 13.0 Å². The van der Waals surface area contributed by atoms with Crippen molar-refractivity contribution in [3.63, 3.8) is 0 Å². The second kappa shape index (κ2) is 10.9. The van der Waals surface area contributed by atoms with E-state index in [0.29, 0.717) is 12.1 Å². The van der Waals surface area contributed by atoms with Crippen molar-refractivity contribution in [3.05, 3.63) is 112 Å². The fourth-order valence-corrected chi connectivity index (χ4v) is 4.77. The lowest BCUT2D eigenvalue weighted by Gasteiger charge is -2.11. The van der Waals surface area contributed by atoms with Crippen LogP contribution in [0.2, 0.25) is 0 Å². The maximum atomic E-state index is 12.3. The summed E-state index contributed by atoms with van der Waals surface area (Å²) in [5.41, 5.74) is 4.20. The highest BCUT2D eigenvalue weighted by molar-refractivity contribution is 9.10. The lowest BCUT2D eigenvalue weighted by atomic mass is 10.1. The number of rotatable bonds is 9. The van der Waals surface area contributed by atoms with E-state index < -0.39 is 0 Å². The number of nitrogens with one attached hydrogen (secondary N) is 1. The summed E-state index contributed by atoms with van der Waals surface area (Å²) in [5.74, 6) is 1.10. The van der Waals surface area contributed by atoms with E-state index in [4.69, 9.17) is 4.98 Å². The van der Waals surface area contributed by atoms with Crippen LogP contribution in [0, 0.1) is 0 Å². The molecule has 0 aliphatic rings. The van der Waals surface area contributed by atoms with Gasteiger partial charge in [-0.05, 0) is 71.6 Å². The Labute approximate surface area is 214 Å². The number of imidazole rings is 1. The van der Waals surface area contributed by atoms with E-state index in [9.17, 15) is 4.79 Å². The van der Waals surface area contributed by atoms with Gasteiger partial charge in [0.05, 0.1) is 11.0 Å². The van der Waals surface area contributed by atoms with Crippen molar-refractivity contribution in [1.82, 2.24) is 14.9 Å². The molecule has 0 bridgehead atoms. The number of fused-ring (bicyclic) bond motifs is 2. The largest absolute Gasteiger partial charge is 0.352 e. The zero-order valence-corrected chi connectivity index (χ0v) is 21.2. The molecule has 1 aromatic heterocycles. The number of carbonyl (C=O) groups is 1. The number of unbranched alkanes of at least 4 members (excludes halogenated alkanes) is 2. The van der Waals surface area contributed by atoms with Gasteiger partial charge in [0, 0.05) is 29.5 Å². The number of hydrogen-bond donors (Lipinski definition) is 1. The molecule has 4 nitrogen and oxygen atoms in total. The number of hydrogen-bond acceptors (Lipinski definition) is 2. The molecule has 1 heterocycles. The number of benzene rings is 4. The van der Waals surface area contributed by atoms with Crippen molar-refractivity contribution in [1.29, 1.82) is 0 Å². The first-order chi connectivity index (χ1) is 17.2. The highest BCUT2D eigenvalue weighted by Crippen LogP contribution is 2.22. The average Bonchev–Trinajstić information content (AvgIpc) is 3.23. The third-order valence-corrected chi connectivity index (χ3v) is 6.89. The van der Waals surface area contributed by atoms with Gasteiger partial charge in [-0.25, -0.2) is 4.98 Å². The normalized spacial score (nSPS) is 11.2. The van der Waals surface area contributed by atoms with Crippen LogP contribution in [-0.4, -0.2) is 22.0 Å². The van der Waals surface area contributed by atoms with Crippen LogP contribution in [0.15, 0.2) is 95.5 Å². The molecular weight excluding hydrogens is 498 g/mol. The average molecular weight is 526 g/mol. The van der Waals surface area contributed by atoms with Gasteiger partial charge >= 0.3 is 0 Å². The molecular formula is C30H28BrN3O. The van der Waals surface area contributed by atoms with Gasteiger partial charge < -0.3 is 9.88 Å². The molecule has 0 fully saturated rings. The van der Waals surface area contributed by atoms with Gasteiger partial charge in [-0.2, -0.15) is 0 Å². The van der Waals surface area contributed by atoms with Gasteiger partial charge in [-0.1, -0.05) is 70.9 Å². The van der Waals surface area contributed by atoms with E-state index in [1.165, 1.54) is 21.9 Å². The number of aromatic nitrogens is 2. The van der Waals surface area contributed by atoms with E-state index in [-0.39, 0.29) is 5.91 Å². The standard InChI is InChI=1S/C30H28BrN3O/c31-26-17-15-24(16-18-26)30(35)32-19-7-1-2-12-29-33-27-10-5-6-11-28(27)34(29)21-22-13-14-23-8-3-4-9-25(23)20-22/h3-6,8-11,13-18,20H,1-2,7,12,19,21H2,(H,32,35). The number of halogens is 1. The minimum Gasteiger partial charge on any atom is -0.352 e. The fraction of sp³-hybridized carbons (Fsp3) is 0.200. The molecule has 0 saturated carbocycles. The van der Waals surface area contributed by atoms with E-state index in [1.807, 2.05) is 30.3 Å². The molecule has 0 spiro atoms. The summed E-state index contributed by atoms with van der Waals surface area (Å²) in [5, 5.41) is 5.55. The Balaban J connectivity index is 1.20. The fourth-order valence-electron chi connectivity index (χ4n) is 4.50. The Morgan fingerprint density at radius 3 is 2.46 bits per heavy atom. The predicted octanol–water partition coefficient (Wildman–Crippen LogP) is 7.14. The van der Waals surface area contributed by atoms with Crippen molar-refractivity contribution < 1.29 is 4.79 Å². The molecule has 5 heteroatoms. The Kier molecular flexibility index (Phi) is 7.24. The Bertz CT molecular complexity index is 1460. The van der Waals surface area contributed by atoms with Crippen LogP contribution >= 0.6 is 15.9 Å². The third kappa shape index (κ3) is 5.63. The zero-order valence-electron chi connectivity index (χ0n) is 19.6. The molecule has 0 atom stereocenters. The minimum atomic E-state index is -0.0188. The van der Waals surface area contributed by atoms with Gasteiger partial charge in [0.15, 0.2) is 0 Å². The molecule has 1 N–H and O–H groups in total. The molecule has 176 valence electrons. The Hall–Kier alpha value is -3.44. The zero-order chi connectivity index (χ0) is 24.0. The molecule has 4 aromatic carbocycles. The summed E-state index contributed by atoms with van der Waals surface area (Å²) in [6, 6.07) is 31.0. The summed E-state index contributed by atoms with van der Waals surface area (Å²) in [6.45, 7) is 1.49. The van der Waals surface area contributed by atoms with Crippen LogP contribution in [0.5, 0.6) is 0 Å². The number of nitrogens with zero attached hydrogens (tertiary/aromatic N) is 2. The summed E-state index contributed by atoms with van der Waals surface area (Å²) >= 11 is 3.40. The molecule has 0 radical (unpaired) electrons. The van der Waals surface area contributed by atoms with Crippen LogP contribution in [0.3, 0.4) is 0 Å². The molecule has 5 rings (SSSR count). The Morgan fingerprint density at radius 1 is 0.829 bits per heavy atom. The second-order valence-electron chi connectivity index (χ2n) is 8.86. The molecule has 0 aliphatic carbocycles. The lowest BCUT2D eigenvalue weighted by molar-refractivity contribution is 0.0953. The van der Waals surface area contributed by atoms with Crippen LogP contribution in [0.25, 0.3) is 21.8 Å². The van der Waals surface area contributed by atoms with Crippen LogP contribution in [0.1, 0.15) is 41.0 Å². The summed E-state index contributed by atoms with van der Waals surface area (Å²) in [7, 11) is 0. The molecule has 0 saturated heterocycles. The first-order valence-electron chi connectivity index (χ1n) is 12.1. The molecule has 5 aromatic rings. The van der Waals surface area contributed by atoms with Gasteiger partial charge in [0.25, 0.3) is 5.91 Å². The molecule has 1 amide bonds. The number of aryl methyl sites for hydroxylation is 1. The number of amides is 1. The highest BCUT2D eigenvalue weighted by atomic mass is 79.9. The molecule has 0 aliphatic heterocycles. The van der Waals surface area contributed by atoms with Crippen LogP contribution in [0.4, 0.5) is 0 Å². The van der Waals surface area contributed by atoms with Gasteiger partial charge in [-0.3, -0.25) is 4.79 Å². The number of carbonyl (C=O) groups excluding carboxylic acids is 1. The highest BCUT2D eigenvalue weighted by Gasteiger charge is 2.11. The van der Waals surface area contributed by atoms with Gasteiger partial charge in [0.2, 0.25) is 0 Å². The molecule has 35 heavy (non-hydrogen) atoms. The maximum Gasteiger partial charge on any atom is 0.251 e. The SMILES string of the molecule is O=C(NCCCCCc1nc2ccccc2n1Cc1ccc2ccccc2c1)c1ccc(Br)cc1. The number of para-hydroxylation sites is 2. The monoisotopic (exact) mass is 525 g/mol. The van der Waals surface area contributed by atoms with E-state index in [0.717, 1.165) is 48.0 Å².